The zero-order chi connectivity index (χ0) is 9.26. The van der Waals surface area contributed by atoms with Gasteiger partial charge in [0.15, 0.2) is 0 Å². The second kappa shape index (κ2) is 3.29. The molecule has 0 amide bonds. The smallest absolute Gasteiger partial charge is 0.124 e. The van der Waals surface area contributed by atoms with Gasteiger partial charge in [-0.05, 0) is 42.9 Å². The Morgan fingerprint density at radius 1 is 1.23 bits per heavy atom. The number of benzene rings is 1. The van der Waals surface area contributed by atoms with Crippen LogP contribution in [0.5, 0.6) is 5.75 Å². The first kappa shape index (κ1) is 8.42. The fourth-order valence-electron chi connectivity index (χ4n) is 2.03. The van der Waals surface area contributed by atoms with Gasteiger partial charge in [0, 0.05) is 11.8 Å². The van der Waals surface area contributed by atoms with Crippen molar-refractivity contribution in [2.24, 2.45) is 0 Å². The zero-order valence-electron chi connectivity index (χ0n) is 7.97. The van der Waals surface area contributed by atoms with Gasteiger partial charge in [-0.1, -0.05) is 0 Å². The van der Waals surface area contributed by atoms with Crippen molar-refractivity contribution >= 4 is 5.69 Å². The third-order valence-corrected chi connectivity index (χ3v) is 2.67. The predicted octanol–water partition coefficient (Wildman–Crippen LogP) is 2.16. The summed E-state index contributed by atoms with van der Waals surface area (Å²) in [5, 5.41) is 0. The molecule has 2 N–H and O–H groups in total. The Morgan fingerprint density at radius 3 is 2.77 bits per heavy atom. The zero-order valence-corrected chi connectivity index (χ0v) is 7.97. The molecule has 2 heteroatoms. The standard InChI is InChI=1S/C11H15NO/c1-13-11-7-9(12)6-8-4-2-3-5-10(8)11/h6-7H,2-5,12H2,1H3. The average molecular weight is 177 g/mol. The Bertz CT molecular complexity index is 303. The molecule has 0 saturated heterocycles. The Morgan fingerprint density at radius 2 is 2.00 bits per heavy atom. The molecule has 0 unspecified atom stereocenters. The molecule has 0 saturated carbocycles. The van der Waals surface area contributed by atoms with Crippen LogP contribution in [0, 0.1) is 0 Å². The van der Waals surface area contributed by atoms with Crippen molar-refractivity contribution in [2.75, 3.05) is 12.8 Å². The summed E-state index contributed by atoms with van der Waals surface area (Å²) >= 11 is 0. The monoisotopic (exact) mass is 177 g/mol. The molecule has 0 aliphatic heterocycles. The summed E-state index contributed by atoms with van der Waals surface area (Å²) in [5.41, 5.74) is 9.34. The van der Waals surface area contributed by atoms with Crippen LogP contribution in [0.1, 0.15) is 24.0 Å². The lowest BCUT2D eigenvalue weighted by Gasteiger charge is -2.19. The van der Waals surface area contributed by atoms with E-state index >= 15 is 0 Å². The van der Waals surface area contributed by atoms with Gasteiger partial charge in [0.25, 0.3) is 0 Å². The van der Waals surface area contributed by atoms with Crippen LogP contribution in [-0.2, 0) is 12.8 Å². The van der Waals surface area contributed by atoms with Crippen LogP contribution >= 0.6 is 0 Å². The molecule has 1 aromatic rings. The van der Waals surface area contributed by atoms with Crippen molar-refractivity contribution in [3.63, 3.8) is 0 Å². The molecule has 0 atom stereocenters. The molecule has 0 bridgehead atoms. The van der Waals surface area contributed by atoms with E-state index in [9.17, 15) is 0 Å². The summed E-state index contributed by atoms with van der Waals surface area (Å²) in [5.74, 6) is 0.967. The summed E-state index contributed by atoms with van der Waals surface area (Å²) in [6.45, 7) is 0. The lowest BCUT2D eigenvalue weighted by atomic mass is 9.90. The number of nitrogen functional groups attached to an aromatic ring is 1. The summed E-state index contributed by atoms with van der Waals surface area (Å²) in [4.78, 5) is 0. The quantitative estimate of drug-likeness (QED) is 0.667. The van der Waals surface area contributed by atoms with Gasteiger partial charge in [0.1, 0.15) is 5.75 Å². The van der Waals surface area contributed by atoms with Gasteiger partial charge in [0.2, 0.25) is 0 Å². The topological polar surface area (TPSA) is 35.2 Å². The van der Waals surface area contributed by atoms with E-state index in [0.29, 0.717) is 0 Å². The van der Waals surface area contributed by atoms with Gasteiger partial charge < -0.3 is 10.5 Å². The van der Waals surface area contributed by atoms with Crippen LogP contribution in [0.15, 0.2) is 12.1 Å². The molecule has 1 aliphatic rings. The van der Waals surface area contributed by atoms with Crippen molar-refractivity contribution in [3.8, 4) is 5.75 Å². The molecule has 0 radical (unpaired) electrons. The Labute approximate surface area is 78.7 Å². The molecular weight excluding hydrogens is 162 g/mol. The number of methoxy groups -OCH3 is 1. The number of nitrogens with two attached hydrogens (primary N) is 1. The highest BCUT2D eigenvalue weighted by Crippen LogP contribution is 2.31. The molecule has 70 valence electrons. The van der Waals surface area contributed by atoms with Crippen molar-refractivity contribution < 1.29 is 4.74 Å². The molecule has 2 nitrogen and oxygen atoms in total. The van der Waals surface area contributed by atoms with Gasteiger partial charge in [-0.2, -0.15) is 0 Å². The molecule has 1 aliphatic carbocycles. The van der Waals surface area contributed by atoms with E-state index in [1.54, 1.807) is 7.11 Å². The molecule has 13 heavy (non-hydrogen) atoms. The van der Waals surface area contributed by atoms with E-state index in [0.717, 1.165) is 24.3 Å². The number of aryl methyl sites for hydroxylation is 1. The Hall–Kier alpha value is -1.18. The molecular formula is C11H15NO. The van der Waals surface area contributed by atoms with Gasteiger partial charge in [-0.3, -0.25) is 0 Å². The first-order chi connectivity index (χ1) is 6.31. The van der Waals surface area contributed by atoms with Crippen LogP contribution in [0.2, 0.25) is 0 Å². The summed E-state index contributed by atoms with van der Waals surface area (Å²) < 4.78 is 5.31. The molecule has 0 spiro atoms. The Kier molecular flexibility index (Phi) is 2.13. The van der Waals surface area contributed by atoms with E-state index < -0.39 is 0 Å². The average Bonchev–Trinajstić information content (AvgIpc) is 2.16. The normalized spacial score (nSPS) is 15.2. The van der Waals surface area contributed by atoms with Gasteiger partial charge in [-0.25, -0.2) is 0 Å². The van der Waals surface area contributed by atoms with Crippen LogP contribution in [0.25, 0.3) is 0 Å². The second-order valence-corrected chi connectivity index (χ2v) is 3.57. The lowest BCUT2D eigenvalue weighted by molar-refractivity contribution is 0.406. The predicted molar refractivity (Wildman–Crippen MR) is 54.0 cm³/mol. The third kappa shape index (κ3) is 1.48. The minimum absolute atomic E-state index is 0.817. The molecule has 1 aromatic carbocycles. The second-order valence-electron chi connectivity index (χ2n) is 3.57. The first-order valence-corrected chi connectivity index (χ1v) is 4.76. The van der Waals surface area contributed by atoms with E-state index in [-0.39, 0.29) is 0 Å². The van der Waals surface area contributed by atoms with Crippen molar-refractivity contribution in [1.82, 2.24) is 0 Å². The maximum atomic E-state index is 5.78. The number of fused-ring (bicyclic) bond motifs is 1. The highest BCUT2D eigenvalue weighted by atomic mass is 16.5. The SMILES string of the molecule is COc1cc(N)cc2c1CCCC2. The van der Waals surface area contributed by atoms with E-state index in [4.69, 9.17) is 10.5 Å². The molecule has 0 aromatic heterocycles. The minimum atomic E-state index is 0.817. The van der Waals surface area contributed by atoms with Crippen molar-refractivity contribution in [1.29, 1.82) is 0 Å². The highest BCUT2D eigenvalue weighted by molar-refractivity contribution is 5.53. The maximum Gasteiger partial charge on any atom is 0.124 e. The van der Waals surface area contributed by atoms with Crippen molar-refractivity contribution in [3.05, 3.63) is 23.3 Å². The summed E-state index contributed by atoms with van der Waals surface area (Å²) in [6.07, 6.45) is 4.84. The van der Waals surface area contributed by atoms with Crippen LogP contribution in [-0.4, -0.2) is 7.11 Å². The summed E-state index contributed by atoms with van der Waals surface area (Å²) in [7, 11) is 1.71. The van der Waals surface area contributed by atoms with E-state index in [2.05, 4.69) is 6.07 Å². The molecule has 2 rings (SSSR count). The van der Waals surface area contributed by atoms with E-state index in [1.165, 1.54) is 24.0 Å². The number of ether oxygens (including phenoxy) is 1. The van der Waals surface area contributed by atoms with E-state index in [1.807, 2.05) is 6.07 Å². The van der Waals surface area contributed by atoms with Crippen LogP contribution in [0.3, 0.4) is 0 Å². The van der Waals surface area contributed by atoms with Crippen LogP contribution in [0.4, 0.5) is 5.69 Å². The fourth-order valence-corrected chi connectivity index (χ4v) is 2.03. The third-order valence-electron chi connectivity index (χ3n) is 2.67. The highest BCUT2D eigenvalue weighted by Gasteiger charge is 2.14. The maximum absolute atomic E-state index is 5.78. The van der Waals surface area contributed by atoms with Crippen LogP contribution < -0.4 is 10.5 Å². The summed E-state index contributed by atoms with van der Waals surface area (Å²) in [6, 6.07) is 4.00. The number of hydrogen-bond acceptors (Lipinski definition) is 2. The number of anilines is 1. The minimum Gasteiger partial charge on any atom is -0.496 e. The lowest BCUT2D eigenvalue weighted by Crippen LogP contribution is -2.05. The molecule has 0 fully saturated rings. The first-order valence-electron chi connectivity index (χ1n) is 4.76. The van der Waals surface area contributed by atoms with Gasteiger partial charge in [0.05, 0.1) is 7.11 Å². The number of hydrogen-bond donors (Lipinski definition) is 1. The molecule has 0 heterocycles. The Balaban J connectivity index is 2.50. The van der Waals surface area contributed by atoms with Crippen molar-refractivity contribution in [2.45, 2.75) is 25.7 Å². The largest absolute Gasteiger partial charge is 0.496 e. The van der Waals surface area contributed by atoms with Gasteiger partial charge >= 0.3 is 0 Å². The van der Waals surface area contributed by atoms with Gasteiger partial charge in [-0.15, -0.1) is 0 Å². The fraction of sp³-hybridized carbons (Fsp3) is 0.455. The number of rotatable bonds is 1.